The highest BCUT2D eigenvalue weighted by atomic mass is 32.1. The van der Waals surface area contributed by atoms with Crippen molar-refractivity contribution in [2.45, 2.75) is 32.4 Å². The van der Waals surface area contributed by atoms with Crippen LogP contribution in [-0.2, 0) is 9.59 Å². The Balaban J connectivity index is 2.69. The van der Waals surface area contributed by atoms with Crippen LogP contribution in [0, 0.1) is 5.92 Å². The van der Waals surface area contributed by atoms with Gasteiger partial charge in [0.05, 0.1) is 12.5 Å². The third kappa shape index (κ3) is 5.42. The van der Waals surface area contributed by atoms with Gasteiger partial charge in [0.2, 0.25) is 0 Å². The average molecular weight is 314 g/mol. The summed E-state index contributed by atoms with van der Waals surface area (Å²) in [5, 5.41) is 24.3. The van der Waals surface area contributed by atoms with Gasteiger partial charge >= 0.3 is 18.0 Å². The number of hydrogen-bond acceptors (Lipinski definition) is 4. The Hall–Kier alpha value is -2.09. The minimum absolute atomic E-state index is 0.108. The molecule has 7 nitrogen and oxygen atoms in total. The highest BCUT2D eigenvalue weighted by Crippen LogP contribution is 2.25. The molecule has 1 aromatic rings. The van der Waals surface area contributed by atoms with Crippen LogP contribution in [0.3, 0.4) is 0 Å². The Morgan fingerprint density at radius 3 is 2.33 bits per heavy atom. The normalized spacial score (nSPS) is 13.5. The zero-order chi connectivity index (χ0) is 16.0. The summed E-state index contributed by atoms with van der Waals surface area (Å²) >= 11 is 1.48. The molecule has 2 unspecified atom stereocenters. The topological polar surface area (TPSA) is 116 Å². The first kappa shape index (κ1) is 17.0. The first-order chi connectivity index (χ1) is 9.81. The number of hydrogen-bond donors (Lipinski definition) is 4. The molecule has 116 valence electrons. The van der Waals surface area contributed by atoms with Gasteiger partial charge in [-0.2, -0.15) is 0 Å². The van der Waals surface area contributed by atoms with Gasteiger partial charge in [-0.3, -0.25) is 4.79 Å². The monoisotopic (exact) mass is 314 g/mol. The number of carboxylic acid groups (broad SMARTS) is 2. The highest BCUT2D eigenvalue weighted by molar-refractivity contribution is 7.10. The van der Waals surface area contributed by atoms with Crippen LogP contribution in [0.2, 0.25) is 0 Å². The zero-order valence-corrected chi connectivity index (χ0v) is 12.5. The number of amides is 2. The van der Waals surface area contributed by atoms with Crippen LogP contribution >= 0.6 is 11.3 Å². The van der Waals surface area contributed by atoms with Crippen molar-refractivity contribution in [3.63, 3.8) is 0 Å². The summed E-state index contributed by atoms with van der Waals surface area (Å²) in [5.74, 6) is -2.57. The zero-order valence-electron chi connectivity index (χ0n) is 11.7. The number of carbonyl (C=O) groups is 3. The van der Waals surface area contributed by atoms with Gasteiger partial charge in [0.15, 0.2) is 0 Å². The Kier molecular flexibility index (Phi) is 6.16. The van der Waals surface area contributed by atoms with Crippen molar-refractivity contribution in [3.8, 4) is 0 Å². The summed E-state index contributed by atoms with van der Waals surface area (Å²) in [4.78, 5) is 34.3. The van der Waals surface area contributed by atoms with Crippen LogP contribution in [-0.4, -0.2) is 34.2 Å². The van der Waals surface area contributed by atoms with Crippen molar-refractivity contribution in [3.05, 3.63) is 22.4 Å². The molecule has 0 aromatic carbocycles. The van der Waals surface area contributed by atoms with E-state index in [9.17, 15) is 14.4 Å². The molecule has 8 heteroatoms. The molecular formula is C13H18N2O5S. The Morgan fingerprint density at radius 1 is 1.24 bits per heavy atom. The Morgan fingerprint density at radius 2 is 1.90 bits per heavy atom. The lowest BCUT2D eigenvalue weighted by Crippen LogP contribution is -2.48. The molecule has 0 fully saturated rings. The van der Waals surface area contributed by atoms with E-state index in [0.29, 0.717) is 0 Å². The van der Waals surface area contributed by atoms with E-state index in [0.717, 1.165) is 4.88 Å². The fraction of sp³-hybridized carbons (Fsp3) is 0.462. The van der Waals surface area contributed by atoms with Crippen LogP contribution in [0.4, 0.5) is 4.79 Å². The lowest BCUT2D eigenvalue weighted by molar-refractivity contribution is -0.145. The van der Waals surface area contributed by atoms with E-state index in [1.807, 2.05) is 31.4 Å². The van der Waals surface area contributed by atoms with Gasteiger partial charge in [-0.15, -0.1) is 11.3 Å². The van der Waals surface area contributed by atoms with Gasteiger partial charge in [0.25, 0.3) is 0 Å². The van der Waals surface area contributed by atoms with Crippen molar-refractivity contribution in [1.82, 2.24) is 10.6 Å². The van der Waals surface area contributed by atoms with Crippen molar-refractivity contribution in [2.24, 2.45) is 5.92 Å². The number of nitrogens with one attached hydrogen (secondary N) is 2. The molecule has 21 heavy (non-hydrogen) atoms. The molecule has 4 N–H and O–H groups in total. The van der Waals surface area contributed by atoms with E-state index in [4.69, 9.17) is 10.2 Å². The van der Waals surface area contributed by atoms with Crippen LogP contribution < -0.4 is 10.6 Å². The minimum atomic E-state index is -1.46. The van der Waals surface area contributed by atoms with Crippen molar-refractivity contribution in [2.75, 3.05) is 0 Å². The predicted octanol–water partition coefficient (Wildman–Crippen LogP) is 1.67. The fourth-order valence-electron chi connectivity index (χ4n) is 1.75. The van der Waals surface area contributed by atoms with Gasteiger partial charge in [-0.1, -0.05) is 19.9 Å². The fourth-order valence-corrected chi connectivity index (χ4v) is 2.70. The average Bonchev–Trinajstić information content (AvgIpc) is 2.87. The first-order valence-electron chi connectivity index (χ1n) is 6.36. The Labute approximate surface area is 126 Å². The smallest absolute Gasteiger partial charge is 0.326 e. The van der Waals surface area contributed by atoms with Crippen LogP contribution in [0.1, 0.15) is 31.2 Å². The van der Waals surface area contributed by atoms with Gasteiger partial charge in [-0.25, -0.2) is 9.59 Å². The summed E-state index contributed by atoms with van der Waals surface area (Å²) in [6.45, 7) is 3.85. The molecule has 0 spiro atoms. The number of carbonyl (C=O) groups excluding carboxylic acids is 1. The largest absolute Gasteiger partial charge is 0.481 e. The van der Waals surface area contributed by atoms with E-state index in [1.165, 1.54) is 11.3 Å². The molecule has 1 aromatic heterocycles. The number of thiophene rings is 1. The molecule has 0 aliphatic heterocycles. The maximum absolute atomic E-state index is 11.9. The molecule has 2 atom stereocenters. The standard InChI is InChI=1S/C13H18N2O5S/c1-7(2)11(9-4-3-5-21-9)15-13(20)14-8(12(18)19)6-10(16)17/h3-5,7-8,11H,6H2,1-2H3,(H,16,17)(H,18,19)(H2,14,15,20). The summed E-state index contributed by atoms with van der Waals surface area (Å²) in [6, 6.07) is 1.32. The third-order valence-corrected chi connectivity index (χ3v) is 3.74. The van der Waals surface area contributed by atoms with Gasteiger partial charge < -0.3 is 20.8 Å². The summed E-state index contributed by atoms with van der Waals surface area (Å²) in [5.41, 5.74) is 0. The van der Waals surface area contributed by atoms with Crippen LogP contribution in [0.15, 0.2) is 17.5 Å². The maximum atomic E-state index is 11.9. The molecule has 0 radical (unpaired) electrons. The number of rotatable bonds is 7. The van der Waals surface area contributed by atoms with Gasteiger partial charge in [-0.05, 0) is 17.4 Å². The van der Waals surface area contributed by atoms with Gasteiger partial charge in [0.1, 0.15) is 6.04 Å². The van der Waals surface area contributed by atoms with Crippen LogP contribution in [0.5, 0.6) is 0 Å². The highest BCUT2D eigenvalue weighted by Gasteiger charge is 2.25. The van der Waals surface area contributed by atoms with E-state index in [1.54, 1.807) is 0 Å². The molecular weight excluding hydrogens is 296 g/mol. The molecule has 0 aliphatic rings. The molecule has 1 rings (SSSR count). The van der Waals surface area contributed by atoms with Crippen molar-refractivity contribution in [1.29, 1.82) is 0 Å². The lowest BCUT2D eigenvalue weighted by atomic mass is 10.0. The second-order valence-corrected chi connectivity index (χ2v) is 5.82. The maximum Gasteiger partial charge on any atom is 0.326 e. The van der Waals surface area contributed by atoms with E-state index in [-0.39, 0.29) is 12.0 Å². The van der Waals surface area contributed by atoms with Crippen molar-refractivity contribution < 1.29 is 24.6 Å². The molecule has 0 aliphatic carbocycles. The van der Waals surface area contributed by atoms with Crippen LogP contribution in [0.25, 0.3) is 0 Å². The second-order valence-electron chi connectivity index (χ2n) is 4.84. The lowest BCUT2D eigenvalue weighted by Gasteiger charge is -2.22. The predicted molar refractivity (Wildman–Crippen MR) is 77.2 cm³/mol. The van der Waals surface area contributed by atoms with E-state index in [2.05, 4.69) is 10.6 Å². The van der Waals surface area contributed by atoms with E-state index >= 15 is 0 Å². The number of urea groups is 1. The number of carboxylic acids is 2. The second kappa shape index (κ2) is 7.63. The first-order valence-corrected chi connectivity index (χ1v) is 7.24. The molecule has 0 bridgehead atoms. The molecule has 0 saturated carbocycles. The molecule has 2 amide bonds. The molecule has 1 heterocycles. The minimum Gasteiger partial charge on any atom is -0.481 e. The SMILES string of the molecule is CC(C)C(NC(=O)NC(CC(=O)O)C(=O)O)c1cccs1. The van der Waals surface area contributed by atoms with Gasteiger partial charge in [0, 0.05) is 4.88 Å². The van der Waals surface area contributed by atoms with Crippen molar-refractivity contribution >= 4 is 29.3 Å². The molecule has 0 saturated heterocycles. The quantitative estimate of drug-likeness (QED) is 0.611. The summed E-state index contributed by atoms with van der Waals surface area (Å²) in [6.07, 6.45) is -0.673. The number of aliphatic carboxylic acids is 2. The summed E-state index contributed by atoms with van der Waals surface area (Å²) < 4.78 is 0. The third-order valence-electron chi connectivity index (χ3n) is 2.79. The van der Waals surface area contributed by atoms with E-state index < -0.39 is 30.4 Å². The Bertz CT molecular complexity index is 501. The summed E-state index contributed by atoms with van der Waals surface area (Å²) in [7, 11) is 0.